The minimum atomic E-state index is -0.0363. The molecule has 2 amide bonds. The van der Waals surface area contributed by atoms with Crippen molar-refractivity contribution in [3.05, 3.63) is 35.9 Å². The summed E-state index contributed by atoms with van der Waals surface area (Å²) in [6.45, 7) is 11.2. The molecule has 3 unspecified atom stereocenters. The van der Waals surface area contributed by atoms with E-state index in [1.807, 2.05) is 6.07 Å². The van der Waals surface area contributed by atoms with Crippen LogP contribution in [0, 0.1) is 11.8 Å². The van der Waals surface area contributed by atoms with Crippen molar-refractivity contribution in [1.82, 2.24) is 15.5 Å². The van der Waals surface area contributed by atoms with E-state index in [-0.39, 0.29) is 12.1 Å². The molecule has 0 radical (unpaired) electrons. The van der Waals surface area contributed by atoms with E-state index in [0.717, 1.165) is 50.6 Å². The zero-order valence-corrected chi connectivity index (χ0v) is 16.8. The molecule has 146 valence electrons. The summed E-state index contributed by atoms with van der Waals surface area (Å²) in [4.78, 5) is 14.6. The summed E-state index contributed by atoms with van der Waals surface area (Å²) in [5.74, 6) is 1.64. The zero-order valence-electron chi connectivity index (χ0n) is 16.8. The molecular formula is C22H37N3O. The number of rotatable bonds is 9. The highest BCUT2D eigenvalue weighted by molar-refractivity contribution is 5.74. The van der Waals surface area contributed by atoms with Crippen molar-refractivity contribution in [3.8, 4) is 0 Å². The van der Waals surface area contributed by atoms with Crippen molar-refractivity contribution < 1.29 is 4.79 Å². The van der Waals surface area contributed by atoms with Crippen molar-refractivity contribution in [1.29, 1.82) is 0 Å². The Morgan fingerprint density at radius 2 is 1.85 bits per heavy atom. The lowest BCUT2D eigenvalue weighted by Gasteiger charge is -2.34. The van der Waals surface area contributed by atoms with Crippen molar-refractivity contribution in [3.63, 3.8) is 0 Å². The molecule has 1 aliphatic rings. The van der Waals surface area contributed by atoms with E-state index < -0.39 is 0 Å². The Hall–Kier alpha value is -1.55. The van der Waals surface area contributed by atoms with Crippen molar-refractivity contribution in [2.24, 2.45) is 11.8 Å². The second kappa shape index (κ2) is 11.2. The molecule has 4 nitrogen and oxygen atoms in total. The van der Waals surface area contributed by atoms with Crippen LogP contribution in [0.4, 0.5) is 4.79 Å². The molecule has 0 aromatic heterocycles. The van der Waals surface area contributed by atoms with Gasteiger partial charge in [0.1, 0.15) is 0 Å². The van der Waals surface area contributed by atoms with Gasteiger partial charge >= 0.3 is 6.03 Å². The second-order valence-corrected chi connectivity index (χ2v) is 8.24. The summed E-state index contributed by atoms with van der Waals surface area (Å²) in [5.41, 5.74) is 1.32. The molecule has 0 bridgehead atoms. The number of piperidine rings is 1. The van der Waals surface area contributed by atoms with Crippen LogP contribution in [-0.4, -0.2) is 43.2 Å². The Morgan fingerprint density at radius 1 is 1.15 bits per heavy atom. The Balaban J connectivity index is 1.50. The van der Waals surface area contributed by atoms with Crippen molar-refractivity contribution in [2.45, 2.75) is 58.9 Å². The van der Waals surface area contributed by atoms with Crippen molar-refractivity contribution >= 4 is 6.03 Å². The normalized spacial score (nSPS) is 22.0. The van der Waals surface area contributed by atoms with Crippen LogP contribution in [0.3, 0.4) is 0 Å². The highest BCUT2D eigenvalue weighted by atomic mass is 16.2. The SMILES string of the molecule is CC1CC(C)CN(CCCCNC(=O)NC(C)CCc2ccccc2)C1. The van der Waals surface area contributed by atoms with Gasteiger partial charge in [0, 0.05) is 25.7 Å². The van der Waals surface area contributed by atoms with E-state index in [1.165, 1.54) is 25.1 Å². The van der Waals surface area contributed by atoms with Crippen LogP contribution in [0.25, 0.3) is 0 Å². The Bertz CT molecular complexity index is 509. The molecule has 0 saturated carbocycles. The second-order valence-electron chi connectivity index (χ2n) is 8.24. The number of nitrogens with zero attached hydrogens (tertiary/aromatic N) is 1. The van der Waals surface area contributed by atoms with Crippen LogP contribution in [0.1, 0.15) is 52.0 Å². The molecule has 1 aromatic carbocycles. The van der Waals surface area contributed by atoms with E-state index in [2.05, 4.69) is 60.6 Å². The van der Waals surface area contributed by atoms with E-state index in [9.17, 15) is 4.79 Å². The van der Waals surface area contributed by atoms with Crippen LogP contribution < -0.4 is 10.6 Å². The maximum Gasteiger partial charge on any atom is 0.314 e. The standard InChI is InChI=1S/C22H37N3O/c1-18-15-19(2)17-25(16-18)14-8-7-13-23-22(26)24-20(3)11-12-21-9-5-4-6-10-21/h4-6,9-10,18-20H,7-8,11-17H2,1-3H3,(H2,23,24,26). The van der Waals surface area contributed by atoms with Gasteiger partial charge < -0.3 is 15.5 Å². The fraction of sp³-hybridized carbons (Fsp3) is 0.682. The summed E-state index contributed by atoms with van der Waals surface area (Å²) >= 11 is 0. The third-order valence-corrected chi connectivity index (χ3v) is 5.22. The molecule has 0 spiro atoms. The minimum Gasteiger partial charge on any atom is -0.338 e. The lowest BCUT2D eigenvalue weighted by molar-refractivity contribution is 0.139. The number of benzene rings is 1. The molecule has 1 fully saturated rings. The molecule has 1 aliphatic heterocycles. The number of carbonyl (C=O) groups excluding carboxylic acids is 1. The first kappa shape index (κ1) is 20.8. The number of urea groups is 1. The summed E-state index contributed by atoms with van der Waals surface area (Å²) in [6, 6.07) is 10.6. The third kappa shape index (κ3) is 8.22. The lowest BCUT2D eigenvalue weighted by Crippen LogP contribution is -2.41. The monoisotopic (exact) mass is 359 g/mol. The average Bonchev–Trinajstić information content (AvgIpc) is 2.60. The highest BCUT2D eigenvalue weighted by Crippen LogP contribution is 2.20. The molecule has 2 rings (SSSR count). The number of carbonyl (C=O) groups is 1. The number of likely N-dealkylation sites (tertiary alicyclic amines) is 1. The third-order valence-electron chi connectivity index (χ3n) is 5.22. The lowest BCUT2D eigenvalue weighted by atomic mass is 9.92. The fourth-order valence-corrected chi connectivity index (χ4v) is 4.01. The van der Waals surface area contributed by atoms with E-state index in [1.54, 1.807) is 0 Å². The molecule has 1 aromatic rings. The topological polar surface area (TPSA) is 44.4 Å². The minimum absolute atomic E-state index is 0.0363. The molecule has 3 atom stereocenters. The number of amides is 2. The predicted molar refractivity (Wildman–Crippen MR) is 109 cm³/mol. The van der Waals surface area contributed by atoms with Gasteiger partial charge in [-0.1, -0.05) is 44.2 Å². The summed E-state index contributed by atoms with van der Waals surface area (Å²) in [7, 11) is 0. The van der Waals surface area contributed by atoms with Crippen LogP contribution in [0.15, 0.2) is 30.3 Å². The number of aryl methyl sites for hydroxylation is 1. The molecule has 2 N–H and O–H groups in total. The van der Waals surface area contributed by atoms with Crippen LogP contribution >= 0.6 is 0 Å². The van der Waals surface area contributed by atoms with Gasteiger partial charge in [0.2, 0.25) is 0 Å². The van der Waals surface area contributed by atoms with Gasteiger partial charge in [-0.15, -0.1) is 0 Å². The number of hydrogen-bond donors (Lipinski definition) is 2. The first-order valence-corrected chi connectivity index (χ1v) is 10.3. The van der Waals surface area contributed by atoms with Crippen LogP contribution in [-0.2, 0) is 6.42 Å². The van der Waals surface area contributed by atoms with Gasteiger partial charge in [-0.25, -0.2) is 4.79 Å². The molecule has 1 heterocycles. The Labute approximate surface area is 159 Å². The van der Waals surface area contributed by atoms with E-state index in [4.69, 9.17) is 0 Å². The molecule has 1 saturated heterocycles. The average molecular weight is 360 g/mol. The van der Waals surface area contributed by atoms with Crippen LogP contribution in [0.2, 0.25) is 0 Å². The quantitative estimate of drug-likeness (QED) is 0.653. The van der Waals surface area contributed by atoms with E-state index >= 15 is 0 Å². The van der Waals surface area contributed by atoms with Gasteiger partial charge in [0.05, 0.1) is 0 Å². The summed E-state index contributed by atoms with van der Waals surface area (Å²) in [5, 5.41) is 6.04. The Morgan fingerprint density at radius 3 is 2.54 bits per heavy atom. The van der Waals surface area contributed by atoms with E-state index in [0.29, 0.717) is 0 Å². The van der Waals surface area contributed by atoms with Gasteiger partial charge in [0.15, 0.2) is 0 Å². The summed E-state index contributed by atoms with van der Waals surface area (Å²) in [6.07, 6.45) is 5.52. The smallest absolute Gasteiger partial charge is 0.314 e. The molecule has 4 heteroatoms. The maximum absolute atomic E-state index is 12.0. The molecule has 26 heavy (non-hydrogen) atoms. The van der Waals surface area contributed by atoms with Crippen molar-refractivity contribution in [2.75, 3.05) is 26.2 Å². The maximum atomic E-state index is 12.0. The van der Waals surface area contributed by atoms with Gasteiger partial charge in [0.25, 0.3) is 0 Å². The first-order valence-electron chi connectivity index (χ1n) is 10.3. The largest absolute Gasteiger partial charge is 0.338 e. The first-order chi connectivity index (χ1) is 12.5. The summed E-state index contributed by atoms with van der Waals surface area (Å²) < 4.78 is 0. The number of nitrogens with one attached hydrogen (secondary N) is 2. The predicted octanol–water partition coefficient (Wildman–Crippen LogP) is 4.07. The highest BCUT2D eigenvalue weighted by Gasteiger charge is 2.20. The number of unbranched alkanes of at least 4 members (excludes halogenated alkanes) is 1. The fourth-order valence-electron chi connectivity index (χ4n) is 4.01. The van der Waals surface area contributed by atoms with Gasteiger partial charge in [-0.2, -0.15) is 0 Å². The zero-order chi connectivity index (χ0) is 18.8. The van der Waals surface area contributed by atoms with Gasteiger partial charge in [-0.05, 0) is 63.0 Å². The number of hydrogen-bond acceptors (Lipinski definition) is 2. The molecular weight excluding hydrogens is 322 g/mol. The Kier molecular flexibility index (Phi) is 8.96. The molecule has 0 aliphatic carbocycles. The van der Waals surface area contributed by atoms with Crippen LogP contribution in [0.5, 0.6) is 0 Å². The van der Waals surface area contributed by atoms with Gasteiger partial charge in [-0.3, -0.25) is 0 Å².